The summed E-state index contributed by atoms with van der Waals surface area (Å²) in [5.41, 5.74) is 5.89. The zero-order chi connectivity index (χ0) is 10.7. The molecule has 1 aliphatic carbocycles. The lowest BCUT2D eigenvalue weighted by Crippen LogP contribution is -1.99. The number of allylic oxidation sites excluding steroid dienone is 3. The van der Waals surface area contributed by atoms with Gasteiger partial charge in [0.05, 0.1) is 0 Å². The van der Waals surface area contributed by atoms with Gasteiger partial charge in [0.1, 0.15) is 0 Å². The highest BCUT2D eigenvalue weighted by Crippen LogP contribution is 2.23. The molecule has 0 heterocycles. The third-order valence-electron chi connectivity index (χ3n) is 3.10. The molecule has 0 radical (unpaired) electrons. The second-order valence-corrected chi connectivity index (χ2v) is 4.21. The van der Waals surface area contributed by atoms with E-state index in [-0.39, 0.29) is 0 Å². The zero-order valence-electron chi connectivity index (χ0n) is 9.59. The van der Waals surface area contributed by atoms with E-state index in [2.05, 4.69) is 50.3 Å². The minimum atomic E-state index is 1.10. The summed E-state index contributed by atoms with van der Waals surface area (Å²) < 4.78 is 0. The van der Waals surface area contributed by atoms with Crippen molar-refractivity contribution in [2.75, 3.05) is 0 Å². The first-order valence-electron chi connectivity index (χ1n) is 5.74. The highest BCUT2D eigenvalue weighted by atomic mass is 14.1. The molecule has 0 bridgehead atoms. The number of hydrogen-bond donors (Lipinski definition) is 0. The largest absolute Gasteiger partial charge is 0.0838 e. The van der Waals surface area contributed by atoms with Crippen LogP contribution < -0.4 is 0 Å². The van der Waals surface area contributed by atoms with Gasteiger partial charge >= 0.3 is 0 Å². The summed E-state index contributed by atoms with van der Waals surface area (Å²) in [4.78, 5) is 0. The van der Waals surface area contributed by atoms with E-state index in [0.29, 0.717) is 0 Å². The molecule has 0 aromatic heterocycles. The van der Waals surface area contributed by atoms with E-state index in [1.54, 1.807) is 0 Å². The maximum atomic E-state index is 2.33. The molecule has 1 aromatic rings. The molecule has 0 fully saturated rings. The highest BCUT2D eigenvalue weighted by Gasteiger charge is 2.07. The summed E-state index contributed by atoms with van der Waals surface area (Å²) in [5.74, 6) is 0. The van der Waals surface area contributed by atoms with E-state index < -0.39 is 0 Å². The summed E-state index contributed by atoms with van der Waals surface area (Å²) in [6.45, 7) is 4.42. The van der Waals surface area contributed by atoms with E-state index in [0.717, 1.165) is 19.3 Å². The molecule has 0 saturated heterocycles. The van der Waals surface area contributed by atoms with Crippen LogP contribution in [-0.4, -0.2) is 0 Å². The van der Waals surface area contributed by atoms with Crippen LogP contribution in [-0.2, 0) is 12.8 Å². The lowest BCUT2D eigenvalue weighted by molar-refractivity contribution is 1.08. The third-order valence-corrected chi connectivity index (χ3v) is 3.10. The van der Waals surface area contributed by atoms with E-state index in [9.17, 15) is 0 Å². The van der Waals surface area contributed by atoms with Crippen LogP contribution in [0.2, 0.25) is 0 Å². The number of benzene rings is 1. The van der Waals surface area contributed by atoms with Crippen LogP contribution in [0, 0.1) is 0 Å². The lowest BCUT2D eigenvalue weighted by atomic mass is 9.91. The van der Waals surface area contributed by atoms with Crippen LogP contribution >= 0.6 is 0 Å². The van der Waals surface area contributed by atoms with E-state index in [1.807, 2.05) is 0 Å². The monoisotopic (exact) mass is 198 g/mol. The average molecular weight is 198 g/mol. The molecule has 0 unspecified atom stereocenters. The van der Waals surface area contributed by atoms with Gasteiger partial charge in [-0.25, -0.2) is 0 Å². The standard InChI is InChI=1S/C15H18/c1-3-12(2)11-14-9-6-8-13-7-4-5-10-15(13)14/h4-6,8-9,11H,3,7,10H2,1-2H3. The van der Waals surface area contributed by atoms with Gasteiger partial charge in [0.15, 0.2) is 0 Å². The van der Waals surface area contributed by atoms with Crippen LogP contribution in [0.4, 0.5) is 0 Å². The van der Waals surface area contributed by atoms with Gasteiger partial charge in [-0.2, -0.15) is 0 Å². The van der Waals surface area contributed by atoms with Gasteiger partial charge in [-0.15, -0.1) is 0 Å². The molecule has 0 amide bonds. The van der Waals surface area contributed by atoms with Crippen LogP contribution in [0.25, 0.3) is 6.08 Å². The predicted molar refractivity (Wildman–Crippen MR) is 66.9 cm³/mol. The Labute approximate surface area is 92.3 Å². The van der Waals surface area contributed by atoms with Crippen molar-refractivity contribution >= 4 is 6.08 Å². The topological polar surface area (TPSA) is 0 Å². The minimum Gasteiger partial charge on any atom is -0.0838 e. The second-order valence-electron chi connectivity index (χ2n) is 4.21. The molecule has 0 spiro atoms. The Morgan fingerprint density at radius 3 is 2.87 bits per heavy atom. The van der Waals surface area contributed by atoms with Crippen molar-refractivity contribution in [3.05, 3.63) is 52.6 Å². The van der Waals surface area contributed by atoms with Gasteiger partial charge in [-0.3, -0.25) is 0 Å². The molecule has 0 nitrogen and oxygen atoms in total. The minimum absolute atomic E-state index is 1.10. The van der Waals surface area contributed by atoms with Gasteiger partial charge < -0.3 is 0 Å². The fourth-order valence-electron chi connectivity index (χ4n) is 2.01. The van der Waals surface area contributed by atoms with Crippen LogP contribution in [0.3, 0.4) is 0 Å². The Bertz CT molecular complexity index is 408. The summed E-state index contributed by atoms with van der Waals surface area (Å²) in [6.07, 6.45) is 10.2. The third kappa shape index (κ3) is 2.20. The van der Waals surface area contributed by atoms with E-state index in [4.69, 9.17) is 0 Å². The van der Waals surface area contributed by atoms with Gasteiger partial charge in [-0.05, 0) is 42.9 Å². The summed E-state index contributed by atoms with van der Waals surface area (Å²) in [6, 6.07) is 6.65. The molecule has 0 atom stereocenters. The fraction of sp³-hybridized carbons (Fsp3) is 0.333. The van der Waals surface area contributed by atoms with Crippen molar-refractivity contribution in [3.8, 4) is 0 Å². The molecule has 1 aliphatic rings. The average Bonchev–Trinajstić information content (AvgIpc) is 2.29. The number of rotatable bonds is 2. The van der Waals surface area contributed by atoms with Crippen LogP contribution in [0.15, 0.2) is 35.9 Å². The Hall–Kier alpha value is -1.30. The Morgan fingerprint density at radius 1 is 1.27 bits per heavy atom. The maximum absolute atomic E-state index is 2.33. The highest BCUT2D eigenvalue weighted by molar-refractivity contribution is 5.59. The van der Waals surface area contributed by atoms with Gasteiger partial charge in [-0.1, -0.05) is 48.9 Å². The van der Waals surface area contributed by atoms with Crippen molar-refractivity contribution in [3.63, 3.8) is 0 Å². The first kappa shape index (κ1) is 10.2. The SMILES string of the molecule is CCC(C)=Cc1cccc2c1CC=CC2. The van der Waals surface area contributed by atoms with Crippen molar-refractivity contribution in [1.29, 1.82) is 0 Å². The van der Waals surface area contributed by atoms with Crippen molar-refractivity contribution < 1.29 is 0 Å². The van der Waals surface area contributed by atoms with E-state index >= 15 is 0 Å². The van der Waals surface area contributed by atoms with E-state index in [1.165, 1.54) is 22.3 Å². The quantitative estimate of drug-likeness (QED) is 0.626. The van der Waals surface area contributed by atoms with Crippen LogP contribution in [0.5, 0.6) is 0 Å². The molecule has 2 rings (SSSR count). The smallest absolute Gasteiger partial charge is 0.00885 e. The van der Waals surface area contributed by atoms with Crippen LogP contribution in [0.1, 0.15) is 37.0 Å². The normalized spacial score (nSPS) is 15.2. The van der Waals surface area contributed by atoms with Gasteiger partial charge in [0.2, 0.25) is 0 Å². The molecule has 78 valence electrons. The molecule has 0 saturated carbocycles. The van der Waals surface area contributed by atoms with Crippen molar-refractivity contribution in [1.82, 2.24) is 0 Å². The molecular formula is C15H18. The summed E-state index contributed by atoms with van der Waals surface area (Å²) >= 11 is 0. The Kier molecular flexibility index (Phi) is 3.05. The summed E-state index contributed by atoms with van der Waals surface area (Å²) in [7, 11) is 0. The number of hydrogen-bond acceptors (Lipinski definition) is 0. The fourth-order valence-corrected chi connectivity index (χ4v) is 2.01. The predicted octanol–water partition coefficient (Wildman–Crippen LogP) is 4.15. The molecular weight excluding hydrogens is 180 g/mol. The molecule has 1 aromatic carbocycles. The number of fused-ring (bicyclic) bond motifs is 1. The van der Waals surface area contributed by atoms with Crippen molar-refractivity contribution in [2.24, 2.45) is 0 Å². The molecule has 0 aliphatic heterocycles. The lowest BCUT2D eigenvalue weighted by Gasteiger charge is -2.14. The first-order valence-corrected chi connectivity index (χ1v) is 5.74. The van der Waals surface area contributed by atoms with Gasteiger partial charge in [0.25, 0.3) is 0 Å². The first-order chi connectivity index (χ1) is 7.31. The maximum Gasteiger partial charge on any atom is -0.00885 e. The van der Waals surface area contributed by atoms with Gasteiger partial charge in [0, 0.05) is 0 Å². The molecule has 0 heteroatoms. The molecule has 0 N–H and O–H groups in total. The molecule has 15 heavy (non-hydrogen) atoms. The van der Waals surface area contributed by atoms with Crippen molar-refractivity contribution in [2.45, 2.75) is 33.1 Å². The zero-order valence-corrected chi connectivity index (χ0v) is 9.59. The second kappa shape index (κ2) is 4.48. The summed E-state index contributed by atoms with van der Waals surface area (Å²) in [5, 5.41) is 0. The Morgan fingerprint density at radius 2 is 2.07 bits per heavy atom. The Balaban J connectivity index is 2.41.